The summed E-state index contributed by atoms with van der Waals surface area (Å²) in [5.41, 5.74) is 0.00370. The van der Waals surface area contributed by atoms with Gasteiger partial charge in [-0.1, -0.05) is 0 Å². The van der Waals surface area contributed by atoms with E-state index >= 15 is 0 Å². The summed E-state index contributed by atoms with van der Waals surface area (Å²) in [5, 5.41) is 12.9. The van der Waals surface area contributed by atoms with Crippen LogP contribution in [0.1, 0.15) is 1.43 Å². The number of aromatic nitrogens is 1. The van der Waals surface area contributed by atoms with Crippen LogP contribution in [0.4, 0.5) is 11.5 Å². The molecule has 0 aliphatic heterocycles. The van der Waals surface area contributed by atoms with Crippen molar-refractivity contribution in [3.63, 3.8) is 0 Å². The number of anilines is 1. The lowest BCUT2D eigenvalue weighted by molar-refractivity contribution is -0.385. The van der Waals surface area contributed by atoms with Crippen LogP contribution in [-0.4, -0.2) is 17.0 Å². The normalized spacial score (nSPS) is 9.18. The minimum atomic E-state index is -0.480. The lowest BCUT2D eigenvalue weighted by Gasteiger charge is -1.95. The Morgan fingerprint density at radius 1 is 1.73 bits per heavy atom. The molecule has 0 spiro atoms. The van der Waals surface area contributed by atoms with Gasteiger partial charge in [-0.3, -0.25) is 10.1 Å². The van der Waals surface area contributed by atoms with Gasteiger partial charge in [-0.05, 0) is 6.07 Å². The van der Waals surface area contributed by atoms with Gasteiger partial charge in [-0.2, -0.15) is 0 Å². The van der Waals surface area contributed by atoms with Gasteiger partial charge >= 0.3 is 0 Å². The van der Waals surface area contributed by atoms with Crippen LogP contribution in [0.5, 0.6) is 0 Å². The molecule has 1 aromatic heterocycles. The predicted octanol–water partition coefficient (Wildman–Crippen LogP) is 1.28. The zero-order valence-electron chi connectivity index (χ0n) is 5.94. The maximum absolute atomic E-state index is 10.1. The highest BCUT2D eigenvalue weighted by atomic mass is 16.6. The Morgan fingerprint density at radius 2 is 2.45 bits per heavy atom. The highest BCUT2D eigenvalue weighted by molar-refractivity contribution is 5.39. The van der Waals surface area contributed by atoms with Crippen molar-refractivity contribution in [2.75, 3.05) is 12.4 Å². The van der Waals surface area contributed by atoms with E-state index in [1.807, 2.05) is 0 Å². The van der Waals surface area contributed by atoms with Gasteiger partial charge in [0.2, 0.25) is 0 Å². The van der Waals surface area contributed by atoms with Crippen molar-refractivity contribution < 1.29 is 6.35 Å². The van der Waals surface area contributed by atoms with Crippen LogP contribution in [0, 0.1) is 10.1 Å². The van der Waals surface area contributed by atoms with Gasteiger partial charge in [0.1, 0.15) is 12.0 Å². The standard InChI is InChI=1S/C6H7N3O2.H2/c1-7-6-3-2-5(4-8-6)9(10)11;/h2-4H,1H3,(H,7,8);1H. The lowest BCUT2D eigenvalue weighted by Crippen LogP contribution is -1.93. The van der Waals surface area contributed by atoms with Crippen LogP contribution in [0.15, 0.2) is 18.3 Å². The smallest absolute Gasteiger partial charge is 0.287 e. The Hall–Kier alpha value is -1.65. The molecule has 0 atom stereocenters. The van der Waals surface area contributed by atoms with E-state index in [0.717, 1.165) is 0 Å². The molecule has 0 aliphatic carbocycles. The topological polar surface area (TPSA) is 68.1 Å². The van der Waals surface area contributed by atoms with Crippen molar-refractivity contribution in [1.82, 2.24) is 4.98 Å². The van der Waals surface area contributed by atoms with E-state index in [9.17, 15) is 10.1 Å². The molecule has 5 heteroatoms. The van der Waals surface area contributed by atoms with Crippen LogP contribution in [0.2, 0.25) is 0 Å². The Balaban J connectivity index is 0.00000121. The summed E-state index contributed by atoms with van der Waals surface area (Å²) in [5.74, 6) is 0.621. The lowest BCUT2D eigenvalue weighted by atomic mass is 10.4. The summed E-state index contributed by atoms with van der Waals surface area (Å²) in [6, 6.07) is 2.96. The Bertz CT molecular complexity index is 262. The molecule has 0 fully saturated rings. The summed E-state index contributed by atoms with van der Waals surface area (Å²) in [4.78, 5) is 13.4. The SMILES string of the molecule is CNc1ccc([N+](=O)[O-])cn1.[HH]. The molecule has 0 aromatic carbocycles. The fraction of sp³-hybridized carbons (Fsp3) is 0.167. The quantitative estimate of drug-likeness (QED) is 0.516. The Morgan fingerprint density at radius 3 is 2.82 bits per heavy atom. The molecule has 0 aliphatic rings. The third-order valence-corrected chi connectivity index (χ3v) is 1.21. The average Bonchev–Trinajstić information content (AvgIpc) is 2.05. The highest BCUT2D eigenvalue weighted by Gasteiger charge is 2.03. The number of hydrogen-bond donors (Lipinski definition) is 1. The van der Waals surface area contributed by atoms with Gasteiger partial charge < -0.3 is 5.32 Å². The molecule has 5 nitrogen and oxygen atoms in total. The van der Waals surface area contributed by atoms with E-state index in [1.54, 1.807) is 13.1 Å². The van der Waals surface area contributed by atoms with Crippen LogP contribution >= 0.6 is 0 Å². The Labute approximate surface area is 64.7 Å². The molecule has 1 N–H and O–H groups in total. The van der Waals surface area contributed by atoms with E-state index < -0.39 is 4.92 Å². The van der Waals surface area contributed by atoms with Crippen LogP contribution in [0.25, 0.3) is 0 Å². The highest BCUT2D eigenvalue weighted by Crippen LogP contribution is 2.10. The van der Waals surface area contributed by atoms with E-state index in [4.69, 9.17) is 0 Å². The van der Waals surface area contributed by atoms with Gasteiger partial charge in [-0.25, -0.2) is 4.98 Å². The molecule has 0 saturated heterocycles. The van der Waals surface area contributed by atoms with Crippen molar-refractivity contribution in [3.8, 4) is 0 Å². The molecule has 0 radical (unpaired) electrons. The summed E-state index contributed by atoms with van der Waals surface area (Å²) in [6.07, 6.45) is 1.21. The van der Waals surface area contributed by atoms with Gasteiger partial charge in [0.15, 0.2) is 0 Å². The van der Waals surface area contributed by atoms with Gasteiger partial charge in [-0.15, -0.1) is 0 Å². The minimum absolute atomic E-state index is 0. The molecule has 0 bridgehead atoms. The molecule has 0 amide bonds. The molecule has 0 saturated carbocycles. The molecule has 1 heterocycles. The number of nitrogens with one attached hydrogen (secondary N) is 1. The zero-order chi connectivity index (χ0) is 8.27. The summed E-state index contributed by atoms with van der Waals surface area (Å²) in [7, 11) is 1.70. The molecule has 11 heavy (non-hydrogen) atoms. The molecule has 0 unspecified atom stereocenters. The fourth-order valence-corrected chi connectivity index (χ4v) is 0.642. The third kappa shape index (κ3) is 1.64. The van der Waals surface area contributed by atoms with Gasteiger partial charge in [0, 0.05) is 14.5 Å². The first kappa shape index (κ1) is 7.46. The molecular weight excluding hydrogens is 146 g/mol. The average molecular weight is 155 g/mol. The van der Waals surface area contributed by atoms with Crippen molar-refractivity contribution in [2.45, 2.75) is 0 Å². The molecule has 1 rings (SSSR count). The van der Waals surface area contributed by atoms with Crippen LogP contribution in [0.3, 0.4) is 0 Å². The van der Waals surface area contributed by atoms with Crippen LogP contribution < -0.4 is 5.32 Å². The number of hydrogen-bond acceptors (Lipinski definition) is 4. The maximum Gasteiger partial charge on any atom is 0.287 e. The molecular formula is C6H9N3O2. The second kappa shape index (κ2) is 2.96. The number of pyridine rings is 1. The second-order valence-electron chi connectivity index (χ2n) is 1.91. The number of nitro groups is 1. The first-order valence-corrected chi connectivity index (χ1v) is 3.02. The largest absolute Gasteiger partial charge is 0.373 e. The van der Waals surface area contributed by atoms with E-state index in [2.05, 4.69) is 10.3 Å². The first-order valence-electron chi connectivity index (χ1n) is 3.02. The third-order valence-electron chi connectivity index (χ3n) is 1.21. The first-order chi connectivity index (χ1) is 5.24. The molecule has 60 valence electrons. The molecule has 1 aromatic rings. The van der Waals surface area contributed by atoms with Crippen molar-refractivity contribution in [2.24, 2.45) is 0 Å². The summed E-state index contributed by atoms with van der Waals surface area (Å²) >= 11 is 0. The summed E-state index contributed by atoms with van der Waals surface area (Å²) < 4.78 is 0. The van der Waals surface area contributed by atoms with Gasteiger partial charge in [0.05, 0.1) is 4.92 Å². The van der Waals surface area contributed by atoms with Crippen molar-refractivity contribution in [3.05, 3.63) is 28.4 Å². The van der Waals surface area contributed by atoms with E-state index in [-0.39, 0.29) is 7.11 Å². The van der Waals surface area contributed by atoms with Crippen molar-refractivity contribution in [1.29, 1.82) is 0 Å². The number of nitrogens with zero attached hydrogens (tertiary/aromatic N) is 2. The Kier molecular flexibility index (Phi) is 2.00. The summed E-state index contributed by atoms with van der Waals surface area (Å²) in [6.45, 7) is 0. The maximum atomic E-state index is 10.1. The second-order valence-corrected chi connectivity index (χ2v) is 1.91. The van der Waals surface area contributed by atoms with Crippen LogP contribution in [-0.2, 0) is 0 Å². The van der Waals surface area contributed by atoms with Gasteiger partial charge in [0.25, 0.3) is 5.69 Å². The zero-order valence-corrected chi connectivity index (χ0v) is 5.94. The fourth-order valence-electron chi connectivity index (χ4n) is 0.642. The minimum Gasteiger partial charge on any atom is -0.373 e. The van der Waals surface area contributed by atoms with Crippen molar-refractivity contribution >= 4 is 11.5 Å². The number of rotatable bonds is 2. The van der Waals surface area contributed by atoms with E-state index in [0.29, 0.717) is 5.82 Å². The monoisotopic (exact) mass is 155 g/mol. The predicted molar refractivity (Wildman–Crippen MR) is 42.6 cm³/mol. The van der Waals surface area contributed by atoms with E-state index in [1.165, 1.54) is 12.3 Å².